The van der Waals surface area contributed by atoms with Crippen molar-refractivity contribution in [2.24, 2.45) is 5.92 Å². The first-order chi connectivity index (χ1) is 24.5. The molecule has 3 aromatic carbocycles. The van der Waals surface area contributed by atoms with Crippen molar-refractivity contribution in [3.8, 4) is 17.2 Å². The van der Waals surface area contributed by atoms with Crippen LogP contribution in [0.1, 0.15) is 66.3 Å². The molecule has 5 rings (SSSR count). The summed E-state index contributed by atoms with van der Waals surface area (Å²) in [6.07, 6.45) is 2.02. The van der Waals surface area contributed by atoms with Crippen molar-refractivity contribution in [3.05, 3.63) is 77.4 Å². The van der Waals surface area contributed by atoms with Crippen LogP contribution in [0.5, 0.6) is 17.2 Å². The highest BCUT2D eigenvalue weighted by Crippen LogP contribution is 2.34. The molecule has 51 heavy (non-hydrogen) atoms. The first kappa shape index (κ1) is 37.4. The fourth-order valence-electron chi connectivity index (χ4n) is 6.17. The van der Waals surface area contributed by atoms with E-state index in [-0.39, 0.29) is 48.6 Å². The average molecular weight is 705 g/mol. The molecule has 2 aliphatic heterocycles. The number of hydrogen-bond donors (Lipinski definition) is 4. The van der Waals surface area contributed by atoms with E-state index in [1.165, 1.54) is 0 Å². The minimum atomic E-state index is -0.966. The van der Waals surface area contributed by atoms with Gasteiger partial charge >= 0.3 is 12.0 Å². The quantitative estimate of drug-likeness (QED) is 0.218. The number of carboxylic acids is 1. The molecule has 0 saturated heterocycles. The molecule has 3 aromatic rings. The number of carbonyl (C=O) groups excluding carboxylic acids is 2. The Kier molecular flexibility index (Phi) is 12.8. The molecular weight excluding hydrogens is 656 g/mol. The van der Waals surface area contributed by atoms with Gasteiger partial charge in [-0.25, -0.2) is 9.59 Å². The lowest BCUT2D eigenvalue weighted by atomic mass is 10.0. The Morgan fingerprint density at radius 2 is 1.65 bits per heavy atom. The zero-order valence-corrected chi connectivity index (χ0v) is 29.6. The van der Waals surface area contributed by atoms with Crippen molar-refractivity contribution in [3.63, 3.8) is 0 Å². The highest BCUT2D eigenvalue weighted by atomic mass is 16.7. The van der Waals surface area contributed by atoms with Gasteiger partial charge in [-0.1, -0.05) is 19.1 Å². The molecule has 0 bridgehead atoms. The molecule has 13 heteroatoms. The number of amides is 3. The van der Waals surface area contributed by atoms with E-state index < -0.39 is 18.0 Å². The number of hydrogen-bond acceptors (Lipinski definition) is 9. The summed E-state index contributed by atoms with van der Waals surface area (Å²) in [5.41, 5.74) is 2.38. The monoisotopic (exact) mass is 704 g/mol. The first-order valence-corrected chi connectivity index (χ1v) is 17.3. The molecular formula is C38H48N4O9. The van der Waals surface area contributed by atoms with Crippen LogP contribution in [-0.2, 0) is 11.3 Å². The number of aromatic carboxylic acids is 1. The second-order valence-electron chi connectivity index (χ2n) is 13.4. The summed E-state index contributed by atoms with van der Waals surface area (Å²) in [5, 5.41) is 25.1. The number of ether oxygens (including phenoxy) is 4. The molecule has 2 aliphatic rings. The summed E-state index contributed by atoms with van der Waals surface area (Å²) in [6, 6.07) is 15.9. The third-order valence-electron chi connectivity index (χ3n) is 9.08. The maximum atomic E-state index is 14.4. The Labute approximate surface area is 298 Å². The van der Waals surface area contributed by atoms with Gasteiger partial charge in [0.1, 0.15) is 5.75 Å². The normalized spacial score (nSPS) is 20.2. The van der Waals surface area contributed by atoms with Crippen LogP contribution >= 0.6 is 0 Å². The second kappa shape index (κ2) is 17.4. The van der Waals surface area contributed by atoms with Crippen LogP contribution in [-0.4, -0.2) is 96.3 Å². The average Bonchev–Trinajstić information content (AvgIpc) is 3.57. The molecule has 13 nitrogen and oxygen atoms in total. The van der Waals surface area contributed by atoms with E-state index in [1.807, 2.05) is 33.0 Å². The van der Waals surface area contributed by atoms with Crippen molar-refractivity contribution in [2.75, 3.05) is 50.8 Å². The Balaban J connectivity index is 1.35. The van der Waals surface area contributed by atoms with Crippen LogP contribution in [0.3, 0.4) is 0 Å². The van der Waals surface area contributed by atoms with Crippen molar-refractivity contribution in [2.45, 2.75) is 64.8 Å². The number of fused-ring (bicyclic) bond motifs is 2. The molecule has 274 valence electrons. The van der Waals surface area contributed by atoms with Gasteiger partial charge in [-0.05, 0) is 88.2 Å². The van der Waals surface area contributed by atoms with Crippen LogP contribution < -0.4 is 24.8 Å². The number of likely N-dealkylation sites (N-methyl/N-ethyl adjacent to an activating group) is 1. The molecule has 3 amide bonds. The SMILES string of the molecule is C[C@@H]1CCCCO[C@H](CN(C)Cc2ccc(C(=O)O)cc2)[C@@H](C)CN([C@@H](C)CO)C(=O)c2cc(NC(=O)Nc3ccc4c(c3)OCO4)ccc2O1. The smallest absolute Gasteiger partial charge is 0.335 e. The summed E-state index contributed by atoms with van der Waals surface area (Å²) >= 11 is 0. The summed E-state index contributed by atoms with van der Waals surface area (Å²) in [5.74, 6) is 0.108. The Morgan fingerprint density at radius 3 is 2.35 bits per heavy atom. The standard InChI is InChI=1S/C38H48N4O9/c1-24-19-42(25(2)22-43)36(44)31-17-29(39-38(47)40-30-13-15-33-34(18-30)50-23-49-33)12-14-32(31)51-26(3)7-5-6-16-48-35(24)21-41(4)20-27-8-10-28(11-9-27)37(45)46/h8-15,17-18,24-26,35,43H,5-7,16,19-23H2,1-4H3,(H,45,46)(H2,39,40,47)/t24-,25-,26+,35+/m0/s1. The van der Waals surface area contributed by atoms with Gasteiger partial charge in [0.2, 0.25) is 6.79 Å². The number of carboxylic acid groups (broad SMARTS) is 1. The summed E-state index contributed by atoms with van der Waals surface area (Å²) in [6.45, 7) is 7.66. The third-order valence-corrected chi connectivity index (χ3v) is 9.08. The van der Waals surface area contributed by atoms with Gasteiger partial charge in [-0.2, -0.15) is 0 Å². The summed E-state index contributed by atoms with van der Waals surface area (Å²) in [7, 11) is 1.98. The van der Waals surface area contributed by atoms with Gasteiger partial charge < -0.3 is 44.7 Å². The molecule has 0 radical (unpaired) electrons. The maximum Gasteiger partial charge on any atom is 0.335 e. The molecule has 2 heterocycles. The van der Waals surface area contributed by atoms with Crippen molar-refractivity contribution < 1.29 is 43.5 Å². The van der Waals surface area contributed by atoms with Gasteiger partial charge in [-0.15, -0.1) is 0 Å². The topological polar surface area (TPSA) is 159 Å². The predicted molar refractivity (Wildman–Crippen MR) is 192 cm³/mol. The number of benzene rings is 3. The number of anilines is 2. The van der Waals surface area contributed by atoms with E-state index in [1.54, 1.807) is 60.4 Å². The van der Waals surface area contributed by atoms with Crippen LogP contribution in [0.25, 0.3) is 0 Å². The van der Waals surface area contributed by atoms with Crippen LogP contribution in [0, 0.1) is 5.92 Å². The van der Waals surface area contributed by atoms with E-state index in [0.29, 0.717) is 54.9 Å². The first-order valence-electron chi connectivity index (χ1n) is 17.3. The van der Waals surface area contributed by atoms with E-state index in [4.69, 9.17) is 18.9 Å². The van der Waals surface area contributed by atoms with Crippen LogP contribution in [0.15, 0.2) is 60.7 Å². The van der Waals surface area contributed by atoms with E-state index in [0.717, 1.165) is 24.8 Å². The molecule has 0 aliphatic carbocycles. The number of nitrogens with zero attached hydrogens (tertiary/aromatic N) is 2. The predicted octanol–water partition coefficient (Wildman–Crippen LogP) is 5.69. The molecule has 0 aromatic heterocycles. The lowest BCUT2D eigenvalue weighted by Crippen LogP contribution is -2.47. The van der Waals surface area contributed by atoms with Crippen molar-refractivity contribution in [1.82, 2.24) is 9.80 Å². The highest BCUT2D eigenvalue weighted by molar-refractivity contribution is 6.02. The van der Waals surface area contributed by atoms with Gasteiger partial charge in [0.25, 0.3) is 5.91 Å². The number of aliphatic hydroxyl groups is 1. The lowest BCUT2D eigenvalue weighted by Gasteiger charge is -2.36. The van der Waals surface area contributed by atoms with Gasteiger partial charge in [0, 0.05) is 49.6 Å². The fraction of sp³-hybridized carbons (Fsp3) is 0.447. The van der Waals surface area contributed by atoms with Gasteiger partial charge in [-0.3, -0.25) is 9.69 Å². The second-order valence-corrected chi connectivity index (χ2v) is 13.4. The molecule has 4 N–H and O–H groups in total. The van der Waals surface area contributed by atoms with Crippen molar-refractivity contribution >= 4 is 29.3 Å². The zero-order valence-electron chi connectivity index (χ0n) is 29.6. The van der Waals surface area contributed by atoms with Crippen molar-refractivity contribution in [1.29, 1.82) is 0 Å². The van der Waals surface area contributed by atoms with E-state index in [9.17, 15) is 24.6 Å². The number of urea groups is 1. The lowest BCUT2D eigenvalue weighted by molar-refractivity contribution is -0.0177. The Hall–Kier alpha value is -4.85. The maximum absolute atomic E-state index is 14.4. The Morgan fingerprint density at radius 1 is 0.961 bits per heavy atom. The van der Waals surface area contributed by atoms with E-state index in [2.05, 4.69) is 15.5 Å². The third kappa shape index (κ3) is 10.1. The molecule has 0 saturated carbocycles. The molecule has 0 unspecified atom stereocenters. The number of nitrogens with one attached hydrogen (secondary N) is 2. The van der Waals surface area contributed by atoms with Gasteiger partial charge in [0.15, 0.2) is 11.5 Å². The minimum Gasteiger partial charge on any atom is -0.490 e. The minimum absolute atomic E-state index is 0.122. The number of aliphatic hydroxyl groups excluding tert-OH is 1. The van der Waals surface area contributed by atoms with E-state index >= 15 is 0 Å². The number of carbonyl (C=O) groups is 3. The molecule has 0 spiro atoms. The summed E-state index contributed by atoms with van der Waals surface area (Å²) < 4.78 is 23.5. The Bertz CT molecular complexity index is 1670. The fourth-order valence-corrected chi connectivity index (χ4v) is 6.17. The van der Waals surface area contributed by atoms with Crippen LogP contribution in [0.2, 0.25) is 0 Å². The van der Waals surface area contributed by atoms with Crippen LogP contribution in [0.4, 0.5) is 16.2 Å². The zero-order chi connectivity index (χ0) is 36.5. The number of rotatable bonds is 9. The highest BCUT2D eigenvalue weighted by Gasteiger charge is 2.30. The summed E-state index contributed by atoms with van der Waals surface area (Å²) in [4.78, 5) is 42.5. The molecule has 4 atom stereocenters. The molecule has 0 fully saturated rings. The van der Waals surface area contributed by atoms with Gasteiger partial charge in [0.05, 0.1) is 36.0 Å². The largest absolute Gasteiger partial charge is 0.490 e.